The summed E-state index contributed by atoms with van der Waals surface area (Å²) in [7, 11) is 0. The van der Waals surface area contributed by atoms with Gasteiger partial charge in [-0.05, 0) is 18.6 Å². The molecule has 0 atom stereocenters. The van der Waals surface area contributed by atoms with E-state index < -0.39 is 0 Å². The molecule has 0 aliphatic rings. The number of hydrogen-bond donors (Lipinski definition) is 0. The highest BCUT2D eigenvalue weighted by Crippen LogP contribution is 2.09. The van der Waals surface area contributed by atoms with Crippen molar-refractivity contribution in [3.63, 3.8) is 0 Å². The lowest BCUT2D eigenvalue weighted by Gasteiger charge is -2.05. The monoisotopic (exact) mass is 199 g/mol. The van der Waals surface area contributed by atoms with Crippen molar-refractivity contribution in [1.29, 1.82) is 0 Å². The number of benzene rings is 1. The number of carbonyl (C=O) groups is 1. The summed E-state index contributed by atoms with van der Waals surface area (Å²) >= 11 is 0. The Balaban J connectivity index is 2.24. The van der Waals surface area contributed by atoms with E-state index in [1.807, 2.05) is 37.4 Å². The van der Waals surface area contributed by atoms with Gasteiger partial charge < -0.3 is 4.57 Å². The lowest BCUT2D eigenvalue weighted by atomic mass is 10.2. The second kappa shape index (κ2) is 4.13. The first-order chi connectivity index (χ1) is 7.29. The van der Waals surface area contributed by atoms with Gasteiger partial charge in [-0.15, -0.1) is 0 Å². The van der Waals surface area contributed by atoms with Crippen LogP contribution in [-0.2, 0) is 6.54 Å². The van der Waals surface area contributed by atoms with Crippen molar-refractivity contribution in [3.05, 3.63) is 59.4 Å². The summed E-state index contributed by atoms with van der Waals surface area (Å²) in [5.41, 5.74) is 3.10. The topological polar surface area (TPSA) is 22.0 Å². The highest BCUT2D eigenvalue weighted by atomic mass is 16.1. The molecule has 0 fully saturated rings. The zero-order valence-corrected chi connectivity index (χ0v) is 8.68. The predicted octanol–water partition coefficient (Wildman–Crippen LogP) is 2.66. The van der Waals surface area contributed by atoms with Crippen LogP contribution in [0.5, 0.6) is 0 Å². The Hall–Kier alpha value is -1.83. The van der Waals surface area contributed by atoms with Crippen LogP contribution in [0.1, 0.15) is 21.6 Å². The van der Waals surface area contributed by atoms with Crippen LogP contribution in [0.25, 0.3) is 0 Å². The molecule has 0 N–H and O–H groups in total. The number of hydrogen-bond acceptors (Lipinski definition) is 1. The minimum atomic E-state index is 0.739. The first-order valence-electron chi connectivity index (χ1n) is 4.95. The molecule has 76 valence electrons. The van der Waals surface area contributed by atoms with E-state index in [0.717, 1.165) is 24.1 Å². The third-order valence-electron chi connectivity index (χ3n) is 2.47. The molecule has 2 rings (SSSR count). The van der Waals surface area contributed by atoms with Crippen molar-refractivity contribution in [2.45, 2.75) is 13.5 Å². The van der Waals surface area contributed by atoms with Crippen molar-refractivity contribution in [2.24, 2.45) is 0 Å². The Labute approximate surface area is 89.2 Å². The Kier molecular flexibility index (Phi) is 2.68. The third kappa shape index (κ3) is 2.15. The van der Waals surface area contributed by atoms with E-state index in [9.17, 15) is 4.79 Å². The highest BCUT2D eigenvalue weighted by Gasteiger charge is 2.01. The second-order valence-electron chi connectivity index (χ2n) is 3.65. The number of aryl methyl sites for hydroxylation is 1. The highest BCUT2D eigenvalue weighted by molar-refractivity contribution is 5.74. The molecule has 2 nitrogen and oxygen atoms in total. The van der Waals surface area contributed by atoms with Crippen LogP contribution in [-0.4, -0.2) is 10.9 Å². The first-order valence-corrected chi connectivity index (χ1v) is 4.95. The van der Waals surface area contributed by atoms with E-state index in [0.29, 0.717) is 0 Å². The zero-order chi connectivity index (χ0) is 10.7. The van der Waals surface area contributed by atoms with Gasteiger partial charge in [-0.2, -0.15) is 0 Å². The molecule has 0 radical (unpaired) electrons. The van der Waals surface area contributed by atoms with Crippen LogP contribution in [0, 0.1) is 6.92 Å². The second-order valence-corrected chi connectivity index (χ2v) is 3.65. The number of aldehydes is 1. The van der Waals surface area contributed by atoms with Gasteiger partial charge in [0.1, 0.15) is 0 Å². The standard InChI is InChI=1S/C13H13NO/c1-11-7-13(10-15)9-14(11)8-12-5-3-2-4-6-12/h2-7,9-10H,8H2,1H3. The van der Waals surface area contributed by atoms with E-state index in [1.165, 1.54) is 5.56 Å². The lowest BCUT2D eigenvalue weighted by molar-refractivity contribution is 0.112. The maximum atomic E-state index is 10.6. The minimum Gasteiger partial charge on any atom is -0.347 e. The first kappa shape index (κ1) is 9.71. The molecule has 0 amide bonds. The van der Waals surface area contributed by atoms with Crippen LogP contribution in [0.3, 0.4) is 0 Å². The maximum Gasteiger partial charge on any atom is 0.151 e. The summed E-state index contributed by atoms with van der Waals surface area (Å²) in [6, 6.07) is 12.1. The number of nitrogens with zero attached hydrogens (tertiary/aromatic N) is 1. The molecule has 0 aliphatic heterocycles. The molecular weight excluding hydrogens is 186 g/mol. The van der Waals surface area contributed by atoms with Crippen molar-refractivity contribution < 1.29 is 4.79 Å². The molecule has 0 saturated carbocycles. The molecule has 0 aliphatic carbocycles. The SMILES string of the molecule is Cc1cc(C=O)cn1Cc1ccccc1. The zero-order valence-electron chi connectivity index (χ0n) is 8.68. The van der Waals surface area contributed by atoms with Gasteiger partial charge in [0, 0.05) is 24.0 Å². The lowest BCUT2D eigenvalue weighted by Crippen LogP contribution is -1.99. The summed E-state index contributed by atoms with van der Waals surface area (Å²) < 4.78 is 2.08. The van der Waals surface area contributed by atoms with Crippen molar-refractivity contribution in [2.75, 3.05) is 0 Å². The molecule has 2 aromatic rings. The Morgan fingerprint density at radius 3 is 2.60 bits per heavy atom. The van der Waals surface area contributed by atoms with Crippen LogP contribution in [0.15, 0.2) is 42.6 Å². The largest absolute Gasteiger partial charge is 0.347 e. The van der Waals surface area contributed by atoms with Crippen LogP contribution in [0.4, 0.5) is 0 Å². The Bertz CT molecular complexity index is 457. The average molecular weight is 199 g/mol. The van der Waals surface area contributed by atoms with Gasteiger partial charge in [0.05, 0.1) is 0 Å². The molecule has 1 aromatic carbocycles. The molecule has 2 heteroatoms. The van der Waals surface area contributed by atoms with Gasteiger partial charge in [-0.1, -0.05) is 30.3 Å². The van der Waals surface area contributed by atoms with Crippen LogP contribution >= 0.6 is 0 Å². The average Bonchev–Trinajstić information content (AvgIpc) is 2.61. The predicted molar refractivity (Wildman–Crippen MR) is 60.1 cm³/mol. The van der Waals surface area contributed by atoms with Gasteiger partial charge in [0.15, 0.2) is 6.29 Å². The Morgan fingerprint density at radius 1 is 1.27 bits per heavy atom. The van der Waals surface area contributed by atoms with Crippen molar-refractivity contribution in [3.8, 4) is 0 Å². The third-order valence-corrected chi connectivity index (χ3v) is 2.47. The van der Waals surface area contributed by atoms with Gasteiger partial charge in [0.25, 0.3) is 0 Å². The van der Waals surface area contributed by atoms with Gasteiger partial charge in [-0.3, -0.25) is 4.79 Å². The molecule has 1 aromatic heterocycles. The summed E-state index contributed by atoms with van der Waals surface area (Å²) in [6.45, 7) is 2.83. The summed E-state index contributed by atoms with van der Waals surface area (Å²) in [6.07, 6.45) is 2.77. The fourth-order valence-corrected chi connectivity index (χ4v) is 1.66. The number of aromatic nitrogens is 1. The Morgan fingerprint density at radius 2 is 2.00 bits per heavy atom. The minimum absolute atomic E-state index is 0.739. The molecule has 0 bridgehead atoms. The number of rotatable bonds is 3. The van der Waals surface area contributed by atoms with Gasteiger partial charge in [-0.25, -0.2) is 0 Å². The smallest absolute Gasteiger partial charge is 0.151 e. The van der Waals surface area contributed by atoms with Gasteiger partial charge in [0.2, 0.25) is 0 Å². The molecule has 0 unspecified atom stereocenters. The molecule has 15 heavy (non-hydrogen) atoms. The van der Waals surface area contributed by atoms with E-state index >= 15 is 0 Å². The van der Waals surface area contributed by atoms with E-state index in [-0.39, 0.29) is 0 Å². The van der Waals surface area contributed by atoms with Crippen LogP contribution in [0.2, 0.25) is 0 Å². The maximum absolute atomic E-state index is 10.6. The summed E-state index contributed by atoms with van der Waals surface area (Å²) in [5, 5.41) is 0. The van der Waals surface area contributed by atoms with E-state index in [2.05, 4.69) is 16.7 Å². The molecule has 1 heterocycles. The molecule has 0 spiro atoms. The molecule has 0 saturated heterocycles. The molecular formula is C13H13NO. The fourth-order valence-electron chi connectivity index (χ4n) is 1.66. The van der Waals surface area contributed by atoms with E-state index in [4.69, 9.17) is 0 Å². The fraction of sp³-hybridized carbons (Fsp3) is 0.154. The van der Waals surface area contributed by atoms with Crippen LogP contribution < -0.4 is 0 Å². The quantitative estimate of drug-likeness (QED) is 0.696. The van der Waals surface area contributed by atoms with Crippen molar-refractivity contribution in [1.82, 2.24) is 4.57 Å². The van der Waals surface area contributed by atoms with Gasteiger partial charge >= 0.3 is 0 Å². The van der Waals surface area contributed by atoms with E-state index in [1.54, 1.807) is 0 Å². The summed E-state index contributed by atoms with van der Waals surface area (Å²) in [4.78, 5) is 10.6. The summed E-state index contributed by atoms with van der Waals surface area (Å²) in [5.74, 6) is 0. The number of carbonyl (C=O) groups excluding carboxylic acids is 1. The normalized spacial score (nSPS) is 10.2. The van der Waals surface area contributed by atoms with Crippen molar-refractivity contribution >= 4 is 6.29 Å².